The number of aryl methyl sites for hydroxylation is 1. The van der Waals surface area contributed by atoms with Crippen molar-refractivity contribution in [1.82, 2.24) is 30.0 Å². The van der Waals surface area contributed by atoms with Crippen LogP contribution in [0.5, 0.6) is 0 Å². The number of hydrogen-bond acceptors (Lipinski definition) is 5. The monoisotopic (exact) mass is 298 g/mol. The van der Waals surface area contributed by atoms with E-state index >= 15 is 0 Å². The molecule has 2 aromatic rings. The maximum absolute atomic E-state index is 12.2. The van der Waals surface area contributed by atoms with Crippen molar-refractivity contribution in [3.63, 3.8) is 0 Å². The molecule has 110 valence electrons. The zero-order chi connectivity index (χ0) is 14.6. The summed E-state index contributed by atoms with van der Waals surface area (Å²) in [6, 6.07) is 1.76. The van der Waals surface area contributed by atoms with Gasteiger partial charge < -0.3 is 5.32 Å². The minimum Gasteiger partial charge on any atom is -0.313 e. The van der Waals surface area contributed by atoms with Gasteiger partial charge in [0.15, 0.2) is 5.03 Å². The van der Waals surface area contributed by atoms with Gasteiger partial charge in [-0.1, -0.05) is 6.92 Å². The van der Waals surface area contributed by atoms with Crippen LogP contribution < -0.4 is 10.0 Å². The molecule has 9 heteroatoms. The summed E-state index contributed by atoms with van der Waals surface area (Å²) >= 11 is 0. The van der Waals surface area contributed by atoms with Crippen LogP contribution in [0.2, 0.25) is 0 Å². The van der Waals surface area contributed by atoms with Gasteiger partial charge >= 0.3 is 0 Å². The van der Waals surface area contributed by atoms with E-state index in [0.29, 0.717) is 12.1 Å². The maximum atomic E-state index is 12.2. The number of nitrogens with zero attached hydrogens (tertiary/aromatic N) is 3. The van der Waals surface area contributed by atoms with Crippen LogP contribution in [-0.2, 0) is 30.2 Å². The molecule has 2 rings (SSSR count). The number of aromatic amines is 1. The third-order valence-electron chi connectivity index (χ3n) is 2.88. The molecular formula is C11H18N6O2S. The number of H-pyrrole nitrogens is 1. The van der Waals surface area contributed by atoms with Gasteiger partial charge in [-0.25, -0.2) is 13.1 Å². The van der Waals surface area contributed by atoms with Crippen LogP contribution in [-0.4, -0.2) is 34.9 Å². The van der Waals surface area contributed by atoms with Gasteiger partial charge in [0.1, 0.15) is 0 Å². The molecule has 0 aliphatic heterocycles. The molecule has 0 unspecified atom stereocenters. The summed E-state index contributed by atoms with van der Waals surface area (Å²) in [6.07, 6.45) is 3.14. The van der Waals surface area contributed by atoms with Crippen molar-refractivity contribution >= 4 is 10.0 Å². The van der Waals surface area contributed by atoms with Crippen molar-refractivity contribution in [3.8, 4) is 0 Å². The molecular weight excluding hydrogens is 280 g/mol. The van der Waals surface area contributed by atoms with Crippen molar-refractivity contribution < 1.29 is 8.42 Å². The molecule has 2 heterocycles. The quantitative estimate of drug-likeness (QED) is 0.653. The van der Waals surface area contributed by atoms with Gasteiger partial charge in [-0.3, -0.25) is 9.78 Å². The van der Waals surface area contributed by atoms with E-state index < -0.39 is 10.0 Å². The standard InChI is InChI=1S/C11H18N6O2S/c1-3-12-6-9-7-13-16-11(9)20(18,19)15-8-10-4-5-14-17(10)2/h4-5,7,12,15H,3,6,8H2,1-2H3,(H,13,16). The molecule has 0 amide bonds. The van der Waals surface area contributed by atoms with Gasteiger partial charge in [0, 0.05) is 25.4 Å². The van der Waals surface area contributed by atoms with Crippen LogP contribution in [0.25, 0.3) is 0 Å². The molecule has 0 aromatic carbocycles. The lowest BCUT2D eigenvalue weighted by molar-refractivity contribution is 0.570. The second kappa shape index (κ2) is 6.16. The summed E-state index contributed by atoms with van der Waals surface area (Å²) in [5, 5.41) is 13.5. The number of rotatable bonds is 7. The molecule has 2 aromatic heterocycles. The zero-order valence-corrected chi connectivity index (χ0v) is 12.2. The summed E-state index contributed by atoms with van der Waals surface area (Å²) in [4.78, 5) is 0. The van der Waals surface area contributed by atoms with E-state index in [1.807, 2.05) is 6.92 Å². The van der Waals surface area contributed by atoms with Gasteiger partial charge in [-0.05, 0) is 12.6 Å². The first-order valence-electron chi connectivity index (χ1n) is 6.24. The Kier molecular flexibility index (Phi) is 4.53. The van der Waals surface area contributed by atoms with Gasteiger partial charge in [-0.15, -0.1) is 0 Å². The lowest BCUT2D eigenvalue weighted by Crippen LogP contribution is -2.26. The minimum absolute atomic E-state index is 0.0978. The first-order chi connectivity index (χ1) is 9.54. The van der Waals surface area contributed by atoms with E-state index in [2.05, 4.69) is 25.3 Å². The summed E-state index contributed by atoms with van der Waals surface area (Å²) in [7, 11) is -1.86. The molecule has 0 saturated carbocycles. The molecule has 20 heavy (non-hydrogen) atoms. The Balaban J connectivity index is 2.10. The van der Waals surface area contributed by atoms with E-state index in [1.54, 1.807) is 24.0 Å². The number of hydrogen-bond donors (Lipinski definition) is 3. The Morgan fingerprint density at radius 1 is 1.40 bits per heavy atom. The lowest BCUT2D eigenvalue weighted by Gasteiger charge is -2.07. The normalized spacial score (nSPS) is 11.9. The Hall–Kier alpha value is -1.71. The molecule has 0 saturated heterocycles. The van der Waals surface area contributed by atoms with Gasteiger partial charge in [0.25, 0.3) is 10.0 Å². The van der Waals surface area contributed by atoms with Crippen molar-refractivity contribution in [2.75, 3.05) is 6.54 Å². The van der Waals surface area contributed by atoms with E-state index in [0.717, 1.165) is 12.2 Å². The minimum atomic E-state index is -3.62. The summed E-state index contributed by atoms with van der Waals surface area (Å²) < 4.78 is 28.6. The topological polar surface area (TPSA) is 105 Å². The predicted molar refractivity (Wildman–Crippen MR) is 73.2 cm³/mol. The van der Waals surface area contributed by atoms with E-state index in [-0.39, 0.29) is 11.6 Å². The predicted octanol–water partition coefficient (Wildman–Crippen LogP) is -0.269. The second-order valence-electron chi connectivity index (χ2n) is 4.28. The summed E-state index contributed by atoms with van der Waals surface area (Å²) in [5.41, 5.74) is 1.39. The average molecular weight is 298 g/mol. The third kappa shape index (κ3) is 3.24. The van der Waals surface area contributed by atoms with Crippen molar-refractivity contribution in [3.05, 3.63) is 29.7 Å². The van der Waals surface area contributed by atoms with E-state index in [1.165, 1.54) is 6.20 Å². The smallest absolute Gasteiger partial charge is 0.258 e. The van der Waals surface area contributed by atoms with Crippen molar-refractivity contribution in [1.29, 1.82) is 0 Å². The highest BCUT2D eigenvalue weighted by Crippen LogP contribution is 2.12. The van der Waals surface area contributed by atoms with Crippen LogP contribution >= 0.6 is 0 Å². The van der Waals surface area contributed by atoms with Gasteiger partial charge in [0.05, 0.1) is 18.4 Å². The SMILES string of the molecule is CCNCc1cn[nH]c1S(=O)(=O)NCc1ccnn1C. The van der Waals surface area contributed by atoms with Gasteiger partial charge in [0.2, 0.25) is 0 Å². The summed E-state index contributed by atoms with van der Waals surface area (Å²) in [5.74, 6) is 0. The van der Waals surface area contributed by atoms with Crippen LogP contribution in [0.15, 0.2) is 23.5 Å². The van der Waals surface area contributed by atoms with Crippen molar-refractivity contribution in [2.45, 2.75) is 25.0 Å². The Morgan fingerprint density at radius 3 is 2.85 bits per heavy atom. The third-order valence-corrected chi connectivity index (χ3v) is 4.29. The molecule has 0 radical (unpaired) electrons. The number of aromatic nitrogens is 4. The fraction of sp³-hybridized carbons (Fsp3) is 0.455. The van der Waals surface area contributed by atoms with Crippen LogP contribution in [0.4, 0.5) is 0 Å². The van der Waals surface area contributed by atoms with Crippen LogP contribution in [0.1, 0.15) is 18.2 Å². The number of nitrogens with one attached hydrogen (secondary N) is 3. The zero-order valence-electron chi connectivity index (χ0n) is 11.4. The lowest BCUT2D eigenvalue weighted by atomic mass is 10.3. The molecule has 0 spiro atoms. The molecule has 8 nitrogen and oxygen atoms in total. The molecule has 0 aliphatic carbocycles. The first kappa shape index (κ1) is 14.7. The van der Waals surface area contributed by atoms with Gasteiger partial charge in [-0.2, -0.15) is 10.2 Å². The summed E-state index contributed by atoms with van der Waals surface area (Å²) in [6.45, 7) is 3.34. The average Bonchev–Trinajstić information content (AvgIpc) is 3.03. The Morgan fingerprint density at radius 2 is 2.20 bits per heavy atom. The van der Waals surface area contributed by atoms with E-state index in [4.69, 9.17) is 0 Å². The highest BCUT2D eigenvalue weighted by Gasteiger charge is 2.20. The van der Waals surface area contributed by atoms with Crippen LogP contribution in [0, 0.1) is 0 Å². The largest absolute Gasteiger partial charge is 0.313 e. The first-order valence-corrected chi connectivity index (χ1v) is 7.72. The molecule has 0 aliphatic rings. The molecule has 0 fully saturated rings. The number of sulfonamides is 1. The fourth-order valence-electron chi connectivity index (χ4n) is 1.73. The van der Waals surface area contributed by atoms with Crippen molar-refractivity contribution in [2.24, 2.45) is 7.05 Å². The molecule has 0 atom stereocenters. The Labute approximate surface area is 117 Å². The second-order valence-corrected chi connectivity index (χ2v) is 5.98. The molecule has 3 N–H and O–H groups in total. The Bertz CT molecular complexity index is 660. The van der Waals surface area contributed by atoms with Crippen LogP contribution in [0.3, 0.4) is 0 Å². The maximum Gasteiger partial charge on any atom is 0.258 e. The fourth-order valence-corrected chi connectivity index (χ4v) is 2.86. The molecule has 0 bridgehead atoms. The van der Waals surface area contributed by atoms with E-state index in [9.17, 15) is 8.42 Å². The highest BCUT2D eigenvalue weighted by atomic mass is 32.2. The highest BCUT2D eigenvalue weighted by molar-refractivity contribution is 7.89.